The maximum Gasteiger partial charge on any atom is 0.177 e. The molecule has 0 bridgehead atoms. The highest BCUT2D eigenvalue weighted by molar-refractivity contribution is 6.31. The van der Waals surface area contributed by atoms with Crippen molar-refractivity contribution in [2.45, 2.75) is 0 Å². The van der Waals surface area contributed by atoms with Crippen molar-refractivity contribution in [2.75, 3.05) is 0 Å². The molecule has 5 heterocycles. The van der Waals surface area contributed by atoms with E-state index in [1.807, 2.05) is 0 Å². The van der Waals surface area contributed by atoms with Crippen LogP contribution in [0.4, 0.5) is 0 Å². The molecular formula is C14H11Cl2N13. The van der Waals surface area contributed by atoms with E-state index in [9.17, 15) is 0 Å². The standard InChI is InChI=1S/C8H6N8.C4H2Cl2N2.C2H3N3/c1-2-8(16-6-10-4-12-16)14-13-7(1)15-5-9-3-11-15;5-3-1-2-4(6)8-7-3;1-3-2-5-4-1/h1-6H;1-2H;1-2H,(H,3,4,5). The van der Waals surface area contributed by atoms with Crippen molar-refractivity contribution in [1.29, 1.82) is 0 Å². The molecule has 0 aromatic carbocycles. The van der Waals surface area contributed by atoms with Gasteiger partial charge in [0, 0.05) is 0 Å². The number of rotatable bonds is 2. The lowest BCUT2D eigenvalue weighted by Gasteiger charge is -2.00. The molecule has 15 heteroatoms. The summed E-state index contributed by atoms with van der Waals surface area (Å²) in [6, 6.07) is 6.71. The zero-order chi connectivity index (χ0) is 20.3. The highest BCUT2D eigenvalue weighted by atomic mass is 35.5. The molecule has 0 spiro atoms. The van der Waals surface area contributed by atoms with Gasteiger partial charge in [0.05, 0.1) is 0 Å². The summed E-state index contributed by atoms with van der Waals surface area (Å²) in [7, 11) is 0. The molecule has 0 fully saturated rings. The van der Waals surface area contributed by atoms with Crippen LogP contribution in [0.3, 0.4) is 0 Å². The number of nitrogens with one attached hydrogen (secondary N) is 1. The molecule has 0 unspecified atom stereocenters. The molecule has 0 aliphatic rings. The fraction of sp³-hybridized carbons (Fsp3) is 0. The van der Waals surface area contributed by atoms with Gasteiger partial charge in [0.25, 0.3) is 0 Å². The van der Waals surface area contributed by atoms with Gasteiger partial charge in [0.2, 0.25) is 0 Å². The summed E-state index contributed by atoms with van der Waals surface area (Å²) >= 11 is 10.8. The Hall–Kier alpha value is -3.84. The van der Waals surface area contributed by atoms with Crippen LogP contribution < -0.4 is 0 Å². The van der Waals surface area contributed by atoms with Crippen LogP contribution in [-0.4, -0.2) is 65.1 Å². The lowest BCUT2D eigenvalue weighted by atomic mass is 10.5. The fourth-order valence-corrected chi connectivity index (χ4v) is 1.88. The van der Waals surface area contributed by atoms with Crippen LogP contribution >= 0.6 is 23.2 Å². The number of hydrogen-bond donors (Lipinski definition) is 1. The topological polar surface area (TPSA) is 155 Å². The van der Waals surface area contributed by atoms with Crippen LogP contribution in [0.25, 0.3) is 11.6 Å². The Labute approximate surface area is 172 Å². The highest BCUT2D eigenvalue weighted by Gasteiger charge is 2.02. The Balaban J connectivity index is 0.000000153. The van der Waals surface area contributed by atoms with Crippen molar-refractivity contribution >= 4 is 23.2 Å². The smallest absolute Gasteiger partial charge is 0.177 e. The third kappa shape index (κ3) is 6.37. The predicted octanol–water partition coefficient (Wildman–Crippen LogP) is 1.23. The van der Waals surface area contributed by atoms with Gasteiger partial charge in [0.15, 0.2) is 21.9 Å². The van der Waals surface area contributed by atoms with Gasteiger partial charge in [-0.1, -0.05) is 23.2 Å². The lowest BCUT2D eigenvalue weighted by Crippen LogP contribution is -2.04. The quantitative estimate of drug-likeness (QED) is 0.431. The molecule has 5 aromatic heterocycles. The van der Waals surface area contributed by atoms with E-state index in [0.29, 0.717) is 21.9 Å². The summed E-state index contributed by atoms with van der Waals surface area (Å²) < 4.78 is 3.05. The molecule has 0 radical (unpaired) electrons. The average molecular weight is 432 g/mol. The molecule has 146 valence electrons. The monoisotopic (exact) mass is 431 g/mol. The van der Waals surface area contributed by atoms with E-state index in [2.05, 4.69) is 55.7 Å². The summed E-state index contributed by atoms with van der Waals surface area (Å²) in [5, 5.41) is 29.5. The zero-order valence-corrected chi connectivity index (χ0v) is 15.9. The van der Waals surface area contributed by atoms with Crippen LogP contribution in [-0.2, 0) is 0 Å². The zero-order valence-electron chi connectivity index (χ0n) is 14.4. The van der Waals surface area contributed by atoms with Gasteiger partial charge in [-0.15, -0.1) is 20.4 Å². The van der Waals surface area contributed by atoms with Crippen molar-refractivity contribution < 1.29 is 0 Å². The number of aromatic amines is 1. The number of hydrogen-bond acceptors (Lipinski definition) is 10. The summed E-state index contributed by atoms with van der Waals surface area (Å²) in [5.41, 5.74) is 0. The third-order valence-electron chi connectivity index (χ3n) is 2.87. The van der Waals surface area contributed by atoms with Gasteiger partial charge >= 0.3 is 0 Å². The average Bonchev–Trinajstić information content (AvgIpc) is 3.55. The summed E-state index contributed by atoms with van der Waals surface area (Å²) in [6.07, 6.45) is 8.94. The number of H-pyrrole nitrogens is 1. The largest absolute Gasteiger partial charge is 0.266 e. The first-order valence-electron chi connectivity index (χ1n) is 7.69. The highest BCUT2D eigenvalue weighted by Crippen LogP contribution is 2.05. The maximum atomic E-state index is 5.38. The minimum absolute atomic E-state index is 0.356. The molecular weight excluding hydrogens is 421 g/mol. The van der Waals surface area contributed by atoms with E-state index in [-0.39, 0.29) is 0 Å². The predicted molar refractivity (Wildman–Crippen MR) is 100 cm³/mol. The molecule has 0 atom stereocenters. The minimum Gasteiger partial charge on any atom is -0.266 e. The number of nitrogens with zero attached hydrogens (tertiary/aromatic N) is 12. The SMILES string of the molecule is Clc1ccc(Cl)nn1.c1nc[nH]n1.c1ncn(-c2ccc(-n3cncn3)nn2)n1. The molecule has 0 saturated heterocycles. The van der Waals surface area contributed by atoms with E-state index in [1.54, 1.807) is 36.9 Å². The van der Waals surface area contributed by atoms with Gasteiger partial charge in [-0.3, -0.25) is 5.10 Å². The Morgan fingerprint density at radius 2 is 1.21 bits per heavy atom. The molecule has 1 N–H and O–H groups in total. The molecule has 5 rings (SSSR count). The molecule has 0 aliphatic carbocycles. The summed E-state index contributed by atoms with van der Waals surface area (Å²) in [4.78, 5) is 11.2. The van der Waals surface area contributed by atoms with Crippen LogP contribution in [0.1, 0.15) is 0 Å². The van der Waals surface area contributed by atoms with Gasteiger partial charge in [0.1, 0.15) is 38.0 Å². The van der Waals surface area contributed by atoms with E-state index >= 15 is 0 Å². The van der Waals surface area contributed by atoms with Crippen molar-refractivity contribution in [1.82, 2.24) is 65.1 Å². The van der Waals surface area contributed by atoms with Gasteiger partial charge in [-0.05, 0) is 24.3 Å². The molecule has 0 aliphatic heterocycles. The second kappa shape index (κ2) is 10.5. The van der Waals surface area contributed by atoms with Crippen LogP contribution in [0.5, 0.6) is 0 Å². The summed E-state index contributed by atoms with van der Waals surface area (Å²) in [5.74, 6) is 1.20. The third-order valence-corrected chi connectivity index (χ3v) is 3.28. The van der Waals surface area contributed by atoms with Gasteiger partial charge in [-0.2, -0.15) is 15.3 Å². The van der Waals surface area contributed by atoms with E-state index in [4.69, 9.17) is 23.2 Å². The first kappa shape index (κ1) is 19.9. The number of halogens is 2. The van der Waals surface area contributed by atoms with Crippen molar-refractivity contribution in [3.8, 4) is 11.6 Å². The molecule has 0 saturated carbocycles. The molecule has 0 amide bonds. The van der Waals surface area contributed by atoms with Gasteiger partial charge < -0.3 is 0 Å². The first-order chi connectivity index (χ1) is 14.2. The summed E-state index contributed by atoms with van der Waals surface area (Å²) in [6.45, 7) is 0. The normalized spacial score (nSPS) is 9.72. The van der Waals surface area contributed by atoms with Crippen LogP contribution in [0.2, 0.25) is 10.3 Å². The maximum absolute atomic E-state index is 5.38. The second-order valence-electron chi connectivity index (χ2n) is 4.76. The molecule has 29 heavy (non-hydrogen) atoms. The lowest BCUT2D eigenvalue weighted by molar-refractivity contribution is 0.771. The number of aromatic nitrogens is 13. The molecule has 13 nitrogen and oxygen atoms in total. The Bertz CT molecular complexity index is 955. The fourth-order valence-electron chi connectivity index (χ4n) is 1.68. The second-order valence-corrected chi connectivity index (χ2v) is 5.53. The Morgan fingerprint density at radius 3 is 1.48 bits per heavy atom. The van der Waals surface area contributed by atoms with E-state index in [0.717, 1.165) is 0 Å². The van der Waals surface area contributed by atoms with Crippen molar-refractivity contribution in [3.05, 3.63) is 72.5 Å². The Morgan fingerprint density at radius 1 is 0.655 bits per heavy atom. The van der Waals surface area contributed by atoms with Crippen molar-refractivity contribution in [2.24, 2.45) is 0 Å². The first-order valence-corrected chi connectivity index (χ1v) is 8.45. The van der Waals surface area contributed by atoms with E-state index in [1.165, 1.54) is 34.7 Å². The Kier molecular flexibility index (Phi) is 7.20. The minimum atomic E-state index is 0.356. The van der Waals surface area contributed by atoms with Crippen LogP contribution in [0, 0.1) is 0 Å². The van der Waals surface area contributed by atoms with E-state index < -0.39 is 0 Å². The van der Waals surface area contributed by atoms with Crippen LogP contribution in [0.15, 0.2) is 62.2 Å². The van der Waals surface area contributed by atoms with Gasteiger partial charge in [-0.25, -0.2) is 24.3 Å². The molecule has 5 aromatic rings. The van der Waals surface area contributed by atoms with Crippen molar-refractivity contribution in [3.63, 3.8) is 0 Å².